The van der Waals surface area contributed by atoms with E-state index in [4.69, 9.17) is 0 Å². The van der Waals surface area contributed by atoms with Crippen molar-refractivity contribution in [3.63, 3.8) is 0 Å². The number of hydrogen-bond donors (Lipinski definition) is 1. The summed E-state index contributed by atoms with van der Waals surface area (Å²) in [4.78, 5) is 0. The Labute approximate surface area is 112 Å². The summed E-state index contributed by atoms with van der Waals surface area (Å²) in [5.41, 5.74) is 2.73. The topological polar surface area (TPSA) is 12.0 Å². The van der Waals surface area contributed by atoms with Gasteiger partial charge in [0, 0.05) is 11.7 Å². The van der Waals surface area contributed by atoms with Gasteiger partial charge in [-0.15, -0.1) is 0 Å². The van der Waals surface area contributed by atoms with Crippen molar-refractivity contribution < 1.29 is 0 Å². The predicted octanol–water partition coefficient (Wildman–Crippen LogP) is 5.19. The minimum Gasteiger partial charge on any atom is -0.383 e. The first-order valence-electron chi connectivity index (χ1n) is 7.55. The molecule has 0 amide bonds. The average Bonchev–Trinajstić information content (AvgIpc) is 2.34. The molecule has 100 valence electrons. The lowest BCUT2D eigenvalue weighted by atomic mass is 9.81. The molecular weight excluding hydrogens is 218 g/mol. The minimum atomic E-state index is 0.602. The second-order valence-corrected chi connectivity index (χ2v) is 6.01. The first kappa shape index (κ1) is 13.5. The van der Waals surface area contributed by atoms with Crippen molar-refractivity contribution in [3.05, 3.63) is 29.8 Å². The van der Waals surface area contributed by atoms with E-state index in [1.807, 2.05) is 0 Å². The fourth-order valence-corrected chi connectivity index (χ4v) is 2.72. The van der Waals surface area contributed by atoms with Gasteiger partial charge in [0.2, 0.25) is 0 Å². The quantitative estimate of drug-likeness (QED) is 0.727. The highest BCUT2D eigenvalue weighted by molar-refractivity contribution is 5.45. The summed E-state index contributed by atoms with van der Waals surface area (Å²) < 4.78 is 0. The zero-order chi connectivity index (χ0) is 13.0. The summed E-state index contributed by atoms with van der Waals surface area (Å²) in [6, 6.07) is 9.61. The molecule has 18 heavy (non-hydrogen) atoms. The Morgan fingerprint density at radius 2 is 1.83 bits per heavy atom. The van der Waals surface area contributed by atoms with E-state index in [1.165, 1.54) is 43.4 Å². The van der Waals surface area contributed by atoms with Gasteiger partial charge in [-0.1, -0.05) is 45.2 Å². The molecule has 0 saturated heterocycles. The molecule has 0 heterocycles. The normalized spacial score (nSPS) is 19.1. The van der Waals surface area contributed by atoms with Crippen LogP contribution in [0.4, 0.5) is 5.69 Å². The molecule has 1 saturated carbocycles. The van der Waals surface area contributed by atoms with Gasteiger partial charge in [0.25, 0.3) is 0 Å². The Morgan fingerprint density at radius 3 is 2.33 bits per heavy atom. The fourth-order valence-electron chi connectivity index (χ4n) is 2.72. The Bertz CT molecular complexity index is 350. The van der Waals surface area contributed by atoms with Crippen molar-refractivity contribution >= 4 is 5.69 Å². The van der Waals surface area contributed by atoms with Gasteiger partial charge in [-0.25, -0.2) is 0 Å². The fraction of sp³-hybridized carbons (Fsp3) is 0.647. The van der Waals surface area contributed by atoms with Crippen molar-refractivity contribution in [1.29, 1.82) is 0 Å². The predicted molar refractivity (Wildman–Crippen MR) is 80.2 cm³/mol. The van der Waals surface area contributed by atoms with E-state index in [2.05, 4.69) is 50.4 Å². The van der Waals surface area contributed by atoms with Crippen molar-refractivity contribution in [2.75, 3.05) is 5.32 Å². The van der Waals surface area contributed by atoms with Crippen LogP contribution in [-0.4, -0.2) is 6.04 Å². The van der Waals surface area contributed by atoms with Crippen LogP contribution in [0.5, 0.6) is 0 Å². The first-order chi connectivity index (χ1) is 8.69. The van der Waals surface area contributed by atoms with Crippen LogP contribution in [0.25, 0.3) is 0 Å². The maximum Gasteiger partial charge on any atom is 0.0342 e. The van der Waals surface area contributed by atoms with Crippen LogP contribution in [-0.2, 0) is 0 Å². The molecule has 1 heteroatoms. The third-order valence-corrected chi connectivity index (χ3v) is 4.42. The van der Waals surface area contributed by atoms with E-state index in [1.54, 1.807) is 0 Å². The molecule has 1 N–H and O–H groups in total. The molecule has 0 aromatic heterocycles. The Morgan fingerprint density at radius 1 is 1.17 bits per heavy atom. The van der Waals surface area contributed by atoms with Crippen LogP contribution in [0.15, 0.2) is 24.3 Å². The van der Waals surface area contributed by atoms with Crippen LogP contribution in [0, 0.1) is 5.92 Å². The maximum atomic E-state index is 3.63. The van der Waals surface area contributed by atoms with Crippen molar-refractivity contribution in [2.45, 2.75) is 64.8 Å². The molecule has 0 radical (unpaired) electrons. The number of benzene rings is 1. The van der Waals surface area contributed by atoms with E-state index in [0.29, 0.717) is 12.0 Å². The van der Waals surface area contributed by atoms with Crippen LogP contribution >= 0.6 is 0 Å². The molecule has 1 nitrogen and oxygen atoms in total. The van der Waals surface area contributed by atoms with Gasteiger partial charge in [0.05, 0.1) is 0 Å². The highest BCUT2D eigenvalue weighted by Crippen LogP contribution is 2.31. The second kappa shape index (κ2) is 6.26. The molecular formula is C17H27N. The van der Waals surface area contributed by atoms with Crippen molar-refractivity contribution in [1.82, 2.24) is 0 Å². The van der Waals surface area contributed by atoms with E-state index in [9.17, 15) is 0 Å². The standard InChI is InChI=1S/C17H27N/c1-4-13(2)16-8-10-17(11-9-16)18-14(3)12-15-6-5-7-15/h8-11,13-15,18H,4-7,12H2,1-3H3. The summed E-state index contributed by atoms with van der Waals surface area (Å²) in [6.07, 6.45) is 6.87. The van der Waals surface area contributed by atoms with Crippen molar-refractivity contribution in [2.24, 2.45) is 5.92 Å². The molecule has 2 rings (SSSR count). The molecule has 1 aliphatic carbocycles. The lowest BCUT2D eigenvalue weighted by molar-refractivity contribution is 0.286. The average molecular weight is 245 g/mol. The molecule has 1 aliphatic rings. The van der Waals surface area contributed by atoms with Crippen LogP contribution in [0.3, 0.4) is 0 Å². The van der Waals surface area contributed by atoms with Gasteiger partial charge in [-0.2, -0.15) is 0 Å². The highest BCUT2D eigenvalue weighted by Gasteiger charge is 2.19. The highest BCUT2D eigenvalue weighted by atomic mass is 14.9. The zero-order valence-electron chi connectivity index (χ0n) is 12.1. The van der Waals surface area contributed by atoms with Gasteiger partial charge >= 0.3 is 0 Å². The van der Waals surface area contributed by atoms with Gasteiger partial charge in [0.1, 0.15) is 0 Å². The summed E-state index contributed by atoms with van der Waals surface area (Å²) in [6.45, 7) is 6.85. The Kier molecular flexibility index (Phi) is 4.68. The smallest absolute Gasteiger partial charge is 0.0342 e. The lowest BCUT2D eigenvalue weighted by Gasteiger charge is -2.29. The van der Waals surface area contributed by atoms with Crippen LogP contribution in [0.1, 0.15) is 64.4 Å². The number of nitrogens with one attached hydrogen (secondary N) is 1. The number of hydrogen-bond acceptors (Lipinski definition) is 1. The van der Waals surface area contributed by atoms with E-state index in [-0.39, 0.29) is 0 Å². The molecule has 0 aliphatic heterocycles. The van der Waals surface area contributed by atoms with Gasteiger partial charge in [-0.3, -0.25) is 0 Å². The molecule has 0 spiro atoms. The molecule has 1 fully saturated rings. The monoisotopic (exact) mass is 245 g/mol. The Balaban J connectivity index is 1.85. The SMILES string of the molecule is CCC(C)c1ccc(NC(C)CC2CCC2)cc1. The van der Waals surface area contributed by atoms with E-state index in [0.717, 1.165) is 5.92 Å². The van der Waals surface area contributed by atoms with Crippen molar-refractivity contribution in [3.8, 4) is 0 Å². The summed E-state index contributed by atoms with van der Waals surface area (Å²) >= 11 is 0. The molecule has 2 unspecified atom stereocenters. The second-order valence-electron chi connectivity index (χ2n) is 6.01. The summed E-state index contributed by atoms with van der Waals surface area (Å²) in [7, 11) is 0. The number of anilines is 1. The molecule has 1 aromatic rings. The maximum absolute atomic E-state index is 3.63. The lowest BCUT2D eigenvalue weighted by Crippen LogP contribution is -2.23. The van der Waals surface area contributed by atoms with Gasteiger partial charge < -0.3 is 5.32 Å². The summed E-state index contributed by atoms with van der Waals surface area (Å²) in [5, 5.41) is 3.63. The summed E-state index contributed by atoms with van der Waals surface area (Å²) in [5.74, 6) is 1.65. The Hall–Kier alpha value is -0.980. The van der Waals surface area contributed by atoms with Gasteiger partial charge in [0.15, 0.2) is 0 Å². The van der Waals surface area contributed by atoms with E-state index >= 15 is 0 Å². The largest absolute Gasteiger partial charge is 0.383 e. The third kappa shape index (κ3) is 3.51. The van der Waals surface area contributed by atoms with Gasteiger partial charge in [-0.05, 0) is 49.3 Å². The molecule has 0 bridgehead atoms. The van der Waals surface area contributed by atoms with E-state index < -0.39 is 0 Å². The zero-order valence-corrected chi connectivity index (χ0v) is 12.1. The molecule has 1 aromatic carbocycles. The first-order valence-corrected chi connectivity index (χ1v) is 7.55. The minimum absolute atomic E-state index is 0.602. The van der Waals surface area contributed by atoms with Crippen LogP contribution in [0.2, 0.25) is 0 Å². The van der Waals surface area contributed by atoms with Crippen LogP contribution < -0.4 is 5.32 Å². The molecule has 2 atom stereocenters. The third-order valence-electron chi connectivity index (χ3n) is 4.42. The number of rotatable bonds is 6.